The second-order valence-electron chi connectivity index (χ2n) is 9.76. The van der Waals surface area contributed by atoms with Crippen LogP contribution in [0, 0.1) is 5.21 Å². The predicted molar refractivity (Wildman–Crippen MR) is 145 cm³/mol. The zero-order valence-corrected chi connectivity index (χ0v) is 21.1. The highest BCUT2D eigenvalue weighted by molar-refractivity contribution is 6.05. The van der Waals surface area contributed by atoms with Gasteiger partial charge in [0.2, 0.25) is 5.91 Å². The van der Waals surface area contributed by atoms with E-state index >= 15 is 0 Å². The molecular weight excluding hydrogens is 464 g/mol. The van der Waals surface area contributed by atoms with Gasteiger partial charge in [-0.25, -0.2) is 0 Å². The summed E-state index contributed by atoms with van der Waals surface area (Å²) < 4.78 is 0.722. The van der Waals surface area contributed by atoms with Gasteiger partial charge in [-0.05, 0) is 54.2 Å². The Balaban J connectivity index is 1.38. The highest BCUT2D eigenvalue weighted by Crippen LogP contribution is 2.34. The molecule has 190 valence electrons. The number of carbonyl (C=O) groups is 2. The second kappa shape index (κ2) is 11.0. The van der Waals surface area contributed by atoms with Gasteiger partial charge in [-0.2, -0.15) is 4.73 Å². The topological polar surface area (TPSA) is 70.8 Å². The molecule has 0 spiro atoms. The molecule has 0 aliphatic carbocycles. The number of piperidine rings is 1. The van der Waals surface area contributed by atoms with Crippen molar-refractivity contribution in [3.05, 3.63) is 101 Å². The maximum Gasteiger partial charge on any atom is 0.251 e. The molecule has 0 radical (unpaired) electrons. The minimum atomic E-state index is -0.104. The maximum atomic E-state index is 13.6. The molecule has 37 heavy (non-hydrogen) atoms. The van der Waals surface area contributed by atoms with Gasteiger partial charge in [-0.1, -0.05) is 36.4 Å². The first-order valence-electron chi connectivity index (χ1n) is 12.9. The Kier molecular flexibility index (Phi) is 7.32. The van der Waals surface area contributed by atoms with Crippen LogP contribution in [0.15, 0.2) is 79.1 Å². The molecule has 2 aromatic carbocycles. The highest BCUT2D eigenvalue weighted by atomic mass is 16.5. The predicted octanol–water partition coefficient (Wildman–Crippen LogP) is 3.94. The zero-order chi connectivity index (χ0) is 25.8. The average Bonchev–Trinajstić information content (AvgIpc) is 3.34. The third-order valence-corrected chi connectivity index (χ3v) is 7.28. The van der Waals surface area contributed by atoms with E-state index in [4.69, 9.17) is 0 Å². The summed E-state index contributed by atoms with van der Waals surface area (Å²) in [6.45, 7) is 4.97. The molecule has 7 heteroatoms. The molecule has 1 fully saturated rings. The van der Waals surface area contributed by atoms with Gasteiger partial charge >= 0.3 is 0 Å². The summed E-state index contributed by atoms with van der Waals surface area (Å²) in [5, 5.41) is 11.4. The van der Waals surface area contributed by atoms with Crippen LogP contribution in [0.2, 0.25) is 0 Å². The van der Waals surface area contributed by atoms with Gasteiger partial charge in [0.25, 0.3) is 5.91 Å². The van der Waals surface area contributed by atoms with Gasteiger partial charge < -0.3 is 15.0 Å². The molecule has 3 heterocycles. The van der Waals surface area contributed by atoms with E-state index in [1.165, 1.54) is 18.0 Å². The summed E-state index contributed by atoms with van der Waals surface area (Å²) in [7, 11) is 0. The minimum Gasteiger partial charge on any atom is -0.619 e. The summed E-state index contributed by atoms with van der Waals surface area (Å²) in [5.74, 6) is -0.0877. The number of anilines is 2. The molecule has 0 atom stereocenters. The lowest BCUT2D eigenvalue weighted by molar-refractivity contribution is -0.605. The molecule has 7 nitrogen and oxygen atoms in total. The fraction of sp³-hybridized carbons (Fsp3) is 0.300. The summed E-state index contributed by atoms with van der Waals surface area (Å²) in [4.78, 5) is 32.0. The van der Waals surface area contributed by atoms with Crippen LogP contribution in [-0.4, -0.2) is 42.4 Å². The Morgan fingerprint density at radius 3 is 2.46 bits per heavy atom. The van der Waals surface area contributed by atoms with E-state index in [-0.39, 0.29) is 17.9 Å². The lowest BCUT2D eigenvalue weighted by atomic mass is 10.0. The third kappa shape index (κ3) is 5.73. The van der Waals surface area contributed by atoms with Crippen molar-refractivity contribution in [2.24, 2.45) is 0 Å². The zero-order valence-electron chi connectivity index (χ0n) is 21.1. The number of hydrogen-bond acceptors (Lipinski definition) is 4. The van der Waals surface area contributed by atoms with Crippen molar-refractivity contribution in [2.45, 2.75) is 38.8 Å². The molecule has 2 amide bonds. The summed E-state index contributed by atoms with van der Waals surface area (Å²) >= 11 is 0. The first-order chi connectivity index (χ1) is 18.0. The van der Waals surface area contributed by atoms with Gasteiger partial charge in [0.1, 0.15) is 0 Å². The Bertz CT molecular complexity index is 1280. The van der Waals surface area contributed by atoms with Crippen LogP contribution < -0.4 is 14.5 Å². The molecule has 0 N–H and O–H groups in total. The number of carbonyl (C=O) groups excluding carboxylic acids is 2. The van der Waals surface area contributed by atoms with E-state index in [1.807, 2.05) is 29.2 Å². The number of nitrogens with zero attached hydrogens (tertiary/aromatic N) is 4. The van der Waals surface area contributed by atoms with Gasteiger partial charge in [0.15, 0.2) is 12.4 Å². The molecule has 2 aliphatic rings. The summed E-state index contributed by atoms with van der Waals surface area (Å²) in [6, 6.07) is 19.9. The first kappa shape index (κ1) is 24.7. The second-order valence-corrected chi connectivity index (χ2v) is 9.76. The lowest BCUT2D eigenvalue weighted by Crippen LogP contribution is -2.47. The van der Waals surface area contributed by atoms with Crippen molar-refractivity contribution in [1.82, 2.24) is 4.90 Å². The lowest BCUT2D eigenvalue weighted by Gasteiger charge is -2.38. The summed E-state index contributed by atoms with van der Waals surface area (Å²) in [5.41, 5.74) is 4.93. The number of amides is 2. The molecule has 1 aromatic heterocycles. The number of benzene rings is 2. The van der Waals surface area contributed by atoms with E-state index < -0.39 is 0 Å². The van der Waals surface area contributed by atoms with Crippen molar-refractivity contribution in [1.29, 1.82) is 0 Å². The molecule has 0 bridgehead atoms. The molecule has 0 unspecified atom stereocenters. The normalized spacial score (nSPS) is 16.2. The number of hydrogen-bond donors (Lipinski definition) is 0. The molecular formula is C30H32N4O3. The Morgan fingerprint density at radius 1 is 1.03 bits per heavy atom. The number of likely N-dealkylation sites (tertiary alicyclic amines) is 1. The van der Waals surface area contributed by atoms with Crippen molar-refractivity contribution < 1.29 is 14.3 Å². The number of aromatic nitrogens is 1. The SMILES string of the molecule is CC(=O)N1CCc2ccc(N(C(=O)/C=C/c3cc[n+]([O-])cc3)C3CCN(Cc4ccccc4)CC3)cc21. The Hall–Kier alpha value is -3.97. The minimum absolute atomic E-state index is 0.0163. The highest BCUT2D eigenvalue weighted by Gasteiger charge is 2.30. The first-order valence-corrected chi connectivity index (χ1v) is 12.9. The van der Waals surface area contributed by atoms with Gasteiger partial charge in [-0.15, -0.1) is 0 Å². The number of pyridine rings is 1. The molecule has 5 rings (SSSR count). The van der Waals surface area contributed by atoms with Crippen molar-refractivity contribution in [3.63, 3.8) is 0 Å². The van der Waals surface area contributed by atoms with Gasteiger partial charge in [0.05, 0.1) is 0 Å². The maximum absolute atomic E-state index is 13.6. The number of fused-ring (bicyclic) bond motifs is 1. The monoisotopic (exact) mass is 496 g/mol. The molecule has 3 aromatic rings. The van der Waals surface area contributed by atoms with Crippen LogP contribution in [0.1, 0.15) is 36.5 Å². The van der Waals surface area contributed by atoms with Crippen LogP contribution in [0.25, 0.3) is 6.08 Å². The van der Waals surface area contributed by atoms with Crippen LogP contribution in [0.4, 0.5) is 11.4 Å². The van der Waals surface area contributed by atoms with E-state index in [9.17, 15) is 14.8 Å². The van der Waals surface area contributed by atoms with E-state index in [1.54, 1.807) is 36.1 Å². The standard InChI is InChI=1S/C30H32N4O3/c1-23(35)33-20-13-26-8-9-28(21-29(26)33)34(30(36)10-7-24-11-18-32(37)19-12-24)27-14-16-31(17-15-27)22-25-5-3-2-4-6-25/h2-12,18-19,21,27H,13-17,20,22H2,1H3/b10-7+. The van der Waals surface area contributed by atoms with Gasteiger partial charge in [0, 0.05) is 68.7 Å². The van der Waals surface area contributed by atoms with E-state index in [2.05, 4.69) is 29.2 Å². The Labute approximate surface area is 217 Å². The van der Waals surface area contributed by atoms with Crippen molar-refractivity contribution in [3.8, 4) is 0 Å². The third-order valence-electron chi connectivity index (χ3n) is 7.28. The fourth-order valence-electron chi connectivity index (χ4n) is 5.32. The van der Waals surface area contributed by atoms with Crippen LogP contribution in [0.3, 0.4) is 0 Å². The summed E-state index contributed by atoms with van der Waals surface area (Å²) in [6.07, 6.45) is 8.71. The number of rotatable bonds is 6. The molecule has 2 aliphatic heterocycles. The van der Waals surface area contributed by atoms with E-state index in [0.29, 0.717) is 6.54 Å². The van der Waals surface area contributed by atoms with Gasteiger partial charge in [-0.3, -0.25) is 14.5 Å². The van der Waals surface area contributed by atoms with Crippen LogP contribution in [-0.2, 0) is 22.6 Å². The Morgan fingerprint density at radius 2 is 1.76 bits per heavy atom. The largest absolute Gasteiger partial charge is 0.619 e. The molecule has 0 saturated carbocycles. The fourth-order valence-corrected chi connectivity index (χ4v) is 5.32. The van der Waals surface area contributed by atoms with Crippen molar-refractivity contribution >= 4 is 29.3 Å². The van der Waals surface area contributed by atoms with Crippen LogP contribution in [0.5, 0.6) is 0 Å². The average molecular weight is 497 g/mol. The van der Waals surface area contributed by atoms with Crippen molar-refractivity contribution in [2.75, 3.05) is 29.4 Å². The van der Waals surface area contributed by atoms with Crippen LogP contribution >= 0.6 is 0 Å². The quantitative estimate of drug-likeness (QED) is 0.295. The molecule has 1 saturated heterocycles. The smallest absolute Gasteiger partial charge is 0.251 e. The van der Waals surface area contributed by atoms with E-state index in [0.717, 1.165) is 66.1 Å².